The molecule has 2 heterocycles. The number of aliphatic carboxylic acids is 1. The van der Waals surface area contributed by atoms with E-state index in [0.29, 0.717) is 28.4 Å². The summed E-state index contributed by atoms with van der Waals surface area (Å²) in [6.07, 6.45) is 1.38. The molecular weight excluding hydrogens is 319 g/mol. The summed E-state index contributed by atoms with van der Waals surface area (Å²) >= 11 is 1.42. The fourth-order valence-electron chi connectivity index (χ4n) is 2.62. The second-order valence-electron chi connectivity index (χ2n) is 5.20. The Kier molecular flexibility index (Phi) is 3.83. The van der Waals surface area contributed by atoms with Crippen LogP contribution >= 0.6 is 11.3 Å². The smallest absolute Gasteiger partial charge is 0.345 e. The van der Waals surface area contributed by atoms with Crippen LogP contribution in [0.5, 0.6) is 0 Å². The van der Waals surface area contributed by atoms with Gasteiger partial charge in [0, 0.05) is 17.0 Å². The molecule has 118 valence electrons. The Morgan fingerprint density at radius 2 is 2.13 bits per heavy atom. The van der Waals surface area contributed by atoms with Gasteiger partial charge in [-0.25, -0.2) is 14.2 Å². The van der Waals surface area contributed by atoms with E-state index >= 15 is 0 Å². The first-order valence-corrected chi connectivity index (χ1v) is 7.92. The van der Waals surface area contributed by atoms with Crippen LogP contribution < -0.4 is 4.90 Å². The first-order chi connectivity index (χ1) is 10.9. The molecule has 1 atom stereocenters. The molecule has 0 aliphatic carbocycles. The Hall–Kier alpha value is -2.38. The molecule has 1 aromatic carbocycles. The number of benzene rings is 1. The largest absolute Gasteiger partial charge is 0.477 e. The first-order valence-electron chi connectivity index (χ1n) is 7.04. The van der Waals surface area contributed by atoms with Crippen LogP contribution in [-0.4, -0.2) is 28.4 Å². The Morgan fingerprint density at radius 3 is 2.70 bits per heavy atom. The molecular formula is C16H14FN2O3S+. The van der Waals surface area contributed by atoms with Crippen molar-refractivity contribution in [3.05, 3.63) is 45.7 Å². The van der Waals surface area contributed by atoms with Crippen LogP contribution in [0.25, 0.3) is 11.3 Å². The van der Waals surface area contributed by atoms with E-state index in [1.807, 2.05) is 13.8 Å². The highest BCUT2D eigenvalue weighted by Crippen LogP contribution is 2.30. The molecule has 1 aliphatic heterocycles. The third-order valence-electron chi connectivity index (χ3n) is 3.77. The van der Waals surface area contributed by atoms with Gasteiger partial charge in [-0.3, -0.25) is 9.69 Å². The monoisotopic (exact) mass is 333 g/mol. The summed E-state index contributed by atoms with van der Waals surface area (Å²) < 4.78 is 14.4. The Balaban J connectivity index is 2.19. The molecule has 7 heteroatoms. The highest BCUT2D eigenvalue weighted by atomic mass is 32.1. The number of ketones is 1. The molecule has 1 aromatic heterocycles. The fourth-order valence-corrected chi connectivity index (χ4v) is 3.24. The van der Waals surface area contributed by atoms with Gasteiger partial charge in [-0.2, -0.15) is 0 Å². The van der Waals surface area contributed by atoms with Crippen LogP contribution in [-0.2, 0) is 4.79 Å². The average molecular weight is 333 g/mol. The summed E-state index contributed by atoms with van der Waals surface area (Å²) in [5.41, 5.74) is 1.17. The van der Waals surface area contributed by atoms with Crippen LogP contribution in [0.1, 0.15) is 22.3 Å². The molecule has 0 saturated carbocycles. The van der Waals surface area contributed by atoms with Crippen molar-refractivity contribution in [2.75, 3.05) is 6.54 Å². The van der Waals surface area contributed by atoms with Crippen LogP contribution in [0.3, 0.4) is 0 Å². The predicted molar refractivity (Wildman–Crippen MR) is 83.5 cm³/mol. The number of carbonyl (C=O) groups is 2. The van der Waals surface area contributed by atoms with Crippen molar-refractivity contribution < 1.29 is 24.0 Å². The lowest BCUT2D eigenvalue weighted by Crippen LogP contribution is -3.03. The number of nitrogens with one attached hydrogen (secondary N) is 1. The Bertz CT molecular complexity index is 857. The zero-order chi connectivity index (χ0) is 16.7. The van der Waals surface area contributed by atoms with Crippen molar-refractivity contribution in [1.29, 1.82) is 0 Å². The summed E-state index contributed by atoms with van der Waals surface area (Å²) in [6.45, 7) is 4.23. The number of rotatable bonds is 3. The summed E-state index contributed by atoms with van der Waals surface area (Å²) in [4.78, 5) is 28.5. The second kappa shape index (κ2) is 5.68. The van der Waals surface area contributed by atoms with E-state index in [4.69, 9.17) is 5.11 Å². The maximum atomic E-state index is 14.4. The van der Waals surface area contributed by atoms with Crippen molar-refractivity contribution in [2.45, 2.75) is 13.8 Å². The Morgan fingerprint density at radius 1 is 1.39 bits per heavy atom. The molecule has 0 amide bonds. The molecule has 3 rings (SSSR count). The lowest BCUT2D eigenvalue weighted by atomic mass is 9.95. The summed E-state index contributed by atoms with van der Waals surface area (Å²) in [7, 11) is 0. The molecule has 2 aromatic rings. The topological polar surface area (TPSA) is 71.7 Å². The number of quaternary nitrogens is 1. The minimum absolute atomic E-state index is 0.0925. The molecule has 0 fully saturated rings. The number of hydrogen-bond donors (Lipinski definition) is 2. The number of carboxylic acids is 1. The van der Waals surface area contributed by atoms with Gasteiger partial charge in [0.1, 0.15) is 17.7 Å². The van der Waals surface area contributed by atoms with Crippen LogP contribution in [0.4, 0.5) is 10.1 Å². The third kappa shape index (κ3) is 2.58. The van der Waals surface area contributed by atoms with Gasteiger partial charge in [0.25, 0.3) is 0 Å². The number of aryl methyl sites for hydroxylation is 1. The van der Waals surface area contributed by atoms with Crippen molar-refractivity contribution in [2.24, 2.45) is 0 Å². The number of nitrogens with zero attached hydrogens (tertiary/aromatic N) is 1. The molecule has 0 spiro atoms. The summed E-state index contributed by atoms with van der Waals surface area (Å²) in [5.74, 6) is -2.54. The highest BCUT2D eigenvalue weighted by Gasteiger charge is 2.34. The molecule has 2 N–H and O–H groups in total. The predicted octanol–water partition coefficient (Wildman–Crippen LogP) is 1.96. The van der Waals surface area contributed by atoms with Crippen LogP contribution in [0.2, 0.25) is 0 Å². The first kappa shape index (κ1) is 15.5. The highest BCUT2D eigenvalue weighted by molar-refractivity contribution is 7.09. The number of carbonyl (C=O) groups excluding carboxylic acids is 1. The van der Waals surface area contributed by atoms with Gasteiger partial charge in [-0.1, -0.05) is 0 Å². The quantitative estimate of drug-likeness (QED) is 0.843. The maximum Gasteiger partial charge on any atom is 0.345 e. The van der Waals surface area contributed by atoms with E-state index in [1.165, 1.54) is 17.5 Å². The van der Waals surface area contributed by atoms with E-state index < -0.39 is 17.6 Å². The fraction of sp³-hybridized carbons (Fsp3) is 0.188. The lowest BCUT2D eigenvalue weighted by molar-refractivity contribution is -0.773. The number of thiazole rings is 1. The molecule has 5 nitrogen and oxygen atoms in total. The number of halogens is 1. The van der Waals surface area contributed by atoms with Gasteiger partial charge in [0.2, 0.25) is 5.78 Å². The number of Topliss-reactive ketones (excluding diaryl/α,β-unsaturated/α-hetero) is 1. The molecule has 1 unspecified atom stereocenters. The third-order valence-corrected chi connectivity index (χ3v) is 4.54. The van der Waals surface area contributed by atoms with Gasteiger partial charge < -0.3 is 5.11 Å². The second-order valence-corrected chi connectivity index (χ2v) is 6.26. The van der Waals surface area contributed by atoms with Gasteiger partial charge in [0.15, 0.2) is 5.57 Å². The number of carboxylic acid groups (broad SMARTS) is 1. The van der Waals surface area contributed by atoms with E-state index in [0.717, 1.165) is 11.1 Å². The van der Waals surface area contributed by atoms with E-state index in [9.17, 15) is 14.0 Å². The van der Waals surface area contributed by atoms with E-state index in [2.05, 4.69) is 4.98 Å². The Labute approximate surface area is 135 Å². The molecule has 1 aliphatic rings. The van der Waals surface area contributed by atoms with Crippen molar-refractivity contribution >= 4 is 28.8 Å². The number of fused-ring (bicyclic) bond motifs is 1. The standard InChI is InChI=1S/C16H13FN2O3S/c1-3-19-6-11(16(21)22)15(20)10-4-12(17)9(5-14(10)19)13-7-23-8(2)18-13/h4-7H,3H2,1-2H3,(H,21,22)/p+1. The zero-order valence-electron chi connectivity index (χ0n) is 12.5. The molecule has 0 bridgehead atoms. The molecule has 0 saturated heterocycles. The molecule has 0 radical (unpaired) electrons. The SMILES string of the molecule is CC[NH+]1C=C(C(=O)O)C(=O)c2cc(F)c(-c3csc(C)n3)cc21. The van der Waals surface area contributed by atoms with E-state index in [-0.39, 0.29) is 11.1 Å². The maximum absolute atomic E-state index is 14.4. The normalized spacial score (nSPS) is 16.9. The van der Waals surface area contributed by atoms with Crippen molar-refractivity contribution in [1.82, 2.24) is 4.98 Å². The average Bonchev–Trinajstić information content (AvgIpc) is 2.93. The number of aromatic nitrogens is 1. The van der Waals surface area contributed by atoms with E-state index in [1.54, 1.807) is 11.4 Å². The van der Waals surface area contributed by atoms with Gasteiger partial charge in [-0.15, -0.1) is 11.3 Å². The van der Waals surface area contributed by atoms with Crippen molar-refractivity contribution in [3.63, 3.8) is 0 Å². The van der Waals surface area contributed by atoms with Gasteiger partial charge in [0.05, 0.1) is 22.8 Å². The van der Waals surface area contributed by atoms with Crippen LogP contribution in [0.15, 0.2) is 29.3 Å². The summed E-state index contributed by atoms with van der Waals surface area (Å²) in [6, 6.07) is 2.71. The minimum Gasteiger partial charge on any atom is -0.477 e. The number of hydrogen-bond acceptors (Lipinski definition) is 4. The van der Waals surface area contributed by atoms with Gasteiger partial charge in [-0.05, 0) is 19.9 Å². The van der Waals surface area contributed by atoms with Crippen molar-refractivity contribution in [3.8, 4) is 11.3 Å². The van der Waals surface area contributed by atoms with Gasteiger partial charge >= 0.3 is 5.97 Å². The zero-order valence-corrected chi connectivity index (χ0v) is 13.3. The lowest BCUT2D eigenvalue weighted by Gasteiger charge is -2.21. The molecule has 23 heavy (non-hydrogen) atoms. The van der Waals surface area contributed by atoms with Crippen LogP contribution in [0, 0.1) is 12.7 Å². The minimum atomic E-state index is -1.30. The summed E-state index contributed by atoms with van der Waals surface area (Å²) in [5, 5.41) is 11.7.